The Morgan fingerprint density at radius 1 is 1.14 bits per heavy atom. The fourth-order valence-corrected chi connectivity index (χ4v) is 44.4. The molecule has 0 bridgehead atoms. The Morgan fingerprint density at radius 3 is 2.24 bits per heavy atom. The van der Waals surface area contributed by atoms with Crippen LogP contribution in [0.4, 0.5) is 0 Å². The van der Waals surface area contributed by atoms with Gasteiger partial charge in [0.2, 0.25) is 0 Å². The third-order valence-corrected chi connectivity index (χ3v) is 73.8. The minimum absolute atomic E-state index is 0.0837. The summed E-state index contributed by atoms with van der Waals surface area (Å²) < 4.78 is 5.79. The molecule has 1 aromatic carbocycles. The predicted octanol–water partition coefficient (Wildman–Crippen LogP) is 6.07. The van der Waals surface area contributed by atoms with Crippen molar-refractivity contribution < 1.29 is 13.5 Å². The van der Waals surface area contributed by atoms with Crippen molar-refractivity contribution in [2.24, 2.45) is 0 Å². The van der Waals surface area contributed by atoms with E-state index in [9.17, 15) is 0 Å². The predicted molar refractivity (Wildman–Crippen MR) is 106 cm³/mol. The summed E-state index contributed by atoms with van der Waals surface area (Å²) in [5.41, 5.74) is 2.88. The molecule has 0 heterocycles. The quantitative estimate of drug-likeness (QED) is 0.431. The van der Waals surface area contributed by atoms with Gasteiger partial charge < -0.3 is 0 Å². The van der Waals surface area contributed by atoms with Crippen LogP contribution in [-0.4, -0.2) is 11.5 Å². The summed E-state index contributed by atoms with van der Waals surface area (Å²) in [4.78, 5) is 0. The molecule has 1 aliphatic rings. The average molecular weight is 576 g/mol. The molecule has 0 saturated heterocycles. The molecule has 21 heavy (non-hydrogen) atoms. The first-order valence-electron chi connectivity index (χ1n) is 7.28. The Kier molecular flexibility index (Phi) is 5.44. The molecule has 2 rings (SSSR count). The number of fused-ring (bicyclic) bond motifs is 1. The summed E-state index contributed by atoms with van der Waals surface area (Å²) in [7, 11) is 0. The molecule has 0 amide bonds. The number of benzene rings is 1. The van der Waals surface area contributed by atoms with Crippen LogP contribution in [0.25, 0.3) is 6.08 Å². The Hall–Kier alpha value is 1.46. The van der Waals surface area contributed by atoms with E-state index in [0.29, 0.717) is 3.63 Å². The van der Waals surface area contributed by atoms with Crippen LogP contribution in [0.3, 0.4) is 0 Å². The summed E-state index contributed by atoms with van der Waals surface area (Å²) in [6.45, 7) is 11.7. The van der Waals surface area contributed by atoms with Gasteiger partial charge in [0.1, 0.15) is 0 Å². The second kappa shape index (κ2) is 6.07. The van der Waals surface area contributed by atoms with E-state index in [1.54, 1.807) is 0 Å². The number of hydrogen-bond acceptors (Lipinski definition) is 1. The van der Waals surface area contributed by atoms with Gasteiger partial charge in [-0.1, -0.05) is 0 Å². The molecule has 117 valence electrons. The summed E-state index contributed by atoms with van der Waals surface area (Å²) >= 11 is 9.04. The van der Waals surface area contributed by atoms with E-state index in [4.69, 9.17) is 0 Å². The molecule has 0 saturated carbocycles. The third kappa shape index (κ3) is 3.61. The Balaban J connectivity index is 2.62. The van der Waals surface area contributed by atoms with Crippen molar-refractivity contribution in [1.82, 2.24) is 3.26 Å². The van der Waals surface area contributed by atoms with Crippen LogP contribution < -0.4 is 3.26 Å². The van der Waals surface area contributed by atoms with Crippen LogP contribution in [0.15, 0.2) is 28.7 Å². The molecule has 6 heteroatoms. The van der Waals surface area contributed by atoms with E-state index in [1.165, 1.54) is 15.6 Å². The van der Waals surface area contributed by atoms with Crippen LogP contribution in [0.1, 0.15) is 35.5 Å². The zero-order chi connectivity index (χ0) is 16.1. The monoisotopic (exact) mass is 572 g/mol. The van der Waals surface area contributed by atoms with Gasteiger partial charge in [-0.2, -0.15) is 0 Å². The molecule has 1 aliphatic carbocycles. The Morgan fingerprint density at radius 2 is 1.71 bits per heavy atom. The minimum atomic E-state index is -3.50. The molecule has 0 spiro atoms. The molecule has 0 aliphatic heterocycles. The first-order chi connectivity index (χ1) is 9.45. The van der Waals surface area contributed by atoms with Crippen LogP contribution in [-0.2, 0) is 13.5 Å². The van der Waals surface area contributed by atoms with Gasteiger partial charge in [0.25, 0.3) is 0 Å². The molecule has 1 atom stereocenters. The molecule has 0 aromatic heterocycles. The topological polar surface area (TPSA) is 12.0 Å². The molecule has 1 unspecified atom stereocenters. The molecule has 0 radical (unpaired) electrons. The summed E-state index contributed by atoms with van der Waals surface area (Å²) in [5, 5.41) is 0. The van der Waals surface area contributed by atoms with Gasteiger partial charge in [-0.3, -0.25) is 0 Å². The molecular formula is C15H23Br3NSiZr. The zero-order valence-corrected chi connectivity index (χ0v) is 21.5. The van der Waals surface area contributed by atoms with Crippen LogP contribution >= 0.6 is 40.4 Å². The van der Waals surface area contributed by atoms with Gasteiger partial charge in [0.05, 0.1) is 0 Å². The molecule has 1 nitrogen and oxygen atoms in total. The van der Waals surface area contributed by atoms with Crippen LogP contribution in [0.2, 0.25) is 13.1 Å². The second-order valence-corrected chi connectivity index (χ2v) is 70.3. The first kappa shape index (κ1) is 18.8. The number of nitrogens with one attached hydrogen (secondary N) is 1. The fraction of sp³-hybridized carbons (Fsp3) is 0.467. The Labute approximate surface area is 150 Å². The van der Waals surface area contributed by atoms with Crippen molar-refractivity contribution in [2.75, 3.05) is 0 Å². The van der Waals surface area contributed by atoms with Crippen molar-refractivity contribution in [2.45, 2.75) is 43.0 Å². The van der Waals surface area contributed by atoms with Crippen molar-refractivity contribution in [3.63, 3.8) is 0 Å². The van der Waals surface area contributed by atoms with Gasteiger partial charge in [0, 0.05) is 0 Å². The van der Waals surface area contributed by atoms with E-state index in [2.05, 4.69) is 108 Å². The van der Waals surface area contributed by atoms with Crippen molar-refractivity contribution in [3.05, 3.63) is 39.9 Å². The van der Waals surface area contributed by atoms with E-state index < -0.39 is 19.5 Å². The zero-order valence-electron chi connectivity index (χ0n) is 13.2. The van der Waals surface area contributed by atoms with Gasteiger partial charge >= 0.3 is 152 Å². The van der Waals surface area contributed by atoms with Crippen LogP contribution in [0.5, 0.6) is 0 Å². The summed E-state index contributed by atoms with van der Waals surface area (Å²) in [6, 6.07) is 8.76. The number of halogens is 3. The standard InChI is InChI=1S/C9H6Br.C4H10N.C2H7Si.2BrH.Zr/c10-9-5-7-3-1-2-4-8(7)6-9;1-4(2,3)5;1-3-2;;;/h1-6H;5H,1-3H3;3H,1-2H3;2*1H;/q;-1;;;;+3/p-2. The number of rotatable bonds is 3. The van der Waals surface area contributed by atoms with Gasteiger partial charge in [-0.05, 0) is 0 Å². The van der Waals surface area contributed by atoms with Gasteiger partial charge in [-0.15, -0.1) is 0 Å². The normalized spacial score (nSPS) is 20.9. The Bertz CT molecular complexity index is 593. The molecule has 1 N–H and O–H groups in total. The second-order valence-electron chi connectivity index (χ2n) is 7.27. The SMILES string of the molecule is C[SiH](C)[Zr]([Br])([Br])([NH]C(C)(C)C)[CH]1C(Br)=Cc2ccccc21. The van der Waals surface area contributed by atoms with E-state index in [0.717, 1.165) is 0 Å². The van der Waals surface area contributed by atoms with Gasteiger partial charge in [0.15, 0.2) is 0 Å². The molecular weight excluding hydrogens is 553 g/mol. The van der Waals surface area contributed by atoms with Crippen molar-refractivity contribution >= 4 is 52.4 Å². The van der Waals surface area contributed by atoms with Gasteiger partial charge in [-0.25, -0.2) is 0 Å². The van der Waals surface area contributed by atoms with Crippen molar-refractivity contribution in [1.29, 1.82) is 0 Å². The summed E-state index contributed by atoms with van der Waals surface area (Å²) in [6.07, 6.45) is 2.29. The number of hydrogen-bond donors (Lipinski definition) is 1. The average Bonchev–Trinajstić information content (AvgIpc) is 2.62. The fourth-order valence-electron chi connectivity index (χ4n) is 3.09. The molecule has 0 fully saturated rings. The first-order valence-corrected chi connectivity index (χ1v) is 29.1. The maximum atomic E-state index is 4.33. The summed E-state index contributed by atoms with van der Waals surface area (Å²) in [5.74, 6) is -1.00. The maximum absolute atomic E-state index is 4.33. The van der Waals surface area contributed by atoms with E-state index in [1.807, 2.05) is 0 Å². The van der Waals surface area contributed by atoms with E-state index >= 15 is 0 Å². The van der Waals surface area contributed by atoms with Crippen LogP contribution in [0, 0.1) is 0 Å². The number of allylic oxidation sites excluding steroid dienone is 1. The van der Waals surface area contributed by atoms with Crippen molar-refractivity contribution in [3.8, 4) is 0 Å². The third-order valence-electron chi connectivity index (χ3n) is 4.08. The molecule has 1 aromatic rings. The van der Waals surface area contributed by atoms with E-state index in [-0.39, 0.29) is 5.54 Å².